The largest absolute Gasteiger partial charge is 0.372 e. The fraction of sp³-hybridized carbons (Fsp3) is 0.389. The number of imidazole rings is 1. The maximum atomic E-state index is 5.89. The summed E-state index contributed by atoms with van der Waals surface area (Å²) in [5.41, 5.74) is 2.40. The molecule has 1 aliphatic heterocycles. The van der Waals surface area contributed by atoms with Crippen molar-refractivity contribution < 1.29 is 4.74 Å². The zero-order valence-corrected chi connectivity index (χ0v) is 13.0. The van der Waals surface area contributed by atoms with E-state index in [0.29, 0.717) is 6.04 Å². The second-order valence-electron chi connectivity index (χ2n) is 5.73. The normalized spacial score (nSPS) is 22.2. The first kappa shape index (κ1) is 15.0. The predicted molar refractivity (Wildman–Crippen MR) is 88.4 cm³/mol. The number of ether oxygens (including phenoxy) is 1. The highest BCUT2D eigenvalue weighted by atomic mass is 16.5. The Morgan fingerprint density at radius 1 is 1.36 bits per heavy atom. The molecule has 0 amide bonds. The zero-order valence-electron chi connectivity index (χ0n) is 13.0. The molecular formula is C18H23N3O. The second-order valence-corrected chi connectivity index (χ2v) is 5.73. The van der Waals surface area contributed by atoms with Crippen LogP contribution in [0.3, 0.4) is 0 Å². The Bertz CT molecular complexity index is 606. The lowest BCUT2D eigenvalue weighted by molar-refractivity contribution is -0.00314. The van der Waals surface area contributed by atoms with Gasteiger partial charge in [0.2, 0.25) is 0 Å². The average molecular weight is 297 g/mol. The van der Waals surface area contributed by atoms with Crippen LogP contribution in [0, 0.1) is 0 Å². The molecule has 0 spiro atoms. The summed E-state index contributed by atoms with van der Waals surface area (Å²) in [7, 11) is 2.02. The Hall–Kier alpha value is -1.91. The third-order valence-electron chi connectivity index (χ3n) is 4.10. The number of nitrogens with zero attached hydrogens (tertiary/aromatic N) is 2. The topological polar surface area (TPSA) is 39.1 Å². The number of benzene rings is 1. The van der Waals surface area contributed by atoms with Crippen molar-refractivity contribution in [2.45, 2.75) is 25.0 Å². The predicted octanol–water partition coefficient (Wildman–Crippen LogP) is 2.94. The standard InChI is InChI=1S/C18H23N3O/c1-21-14-19-13-17(21)18-12-16(9-11-22-18)20-10-5-8-15-6-3-2-4-7-15/h2-8,13-14,16,18,20H,9-12H2,1H3/b8-5+. The van der Waals surface area contributed by atoms with Crippen LogP contribution in [-0.4, -0.2) is 28.7 Å². The van der Waals surface area contributed by atoms with Crippen LogP contribution < -0.4 is 5.32 Å². The van der Waals surface area contributed by atoms with Gasteiger partial charge in [0.25, 0.3) is 0 Å². The Balaban J connectivity index is 1.49. The van der Waals surface area contributed by atoms with Gasteiger partial charge in [-0.25, -0.2) is 4.98 Å². The molecule has 1 fully saturated rings. The molecule has 2 unspecified atom stereocenters. The van der Waals surface area contributed by atoms with Gasteiger partial charge >= 0.3 is 0 Å². The van der Waals surface area contributed by atoms with Gasteiger partial charge in [0.15, 0.2) is 0 Å². The molecule has 2 atom stereocenters. The monoisotopic (exact) mass is 297 g/mol. The Kier molecular flexibility index (Phi) is 5.03. The van der Waals surface area contributed by atoms with Crippen molar-refractivity contribution in [3.05, 3.63) is 60.2 Å². The van der Waals surface area contributed by atoms with E-state index in [0.717, 1.165) is 31.7 Å². The molecule has 4 nitrogen and oxygen atoms in total. The number of hydrogen-bond donors (Lipinski definition) is 1. The van der Waals surface area contributed by atoms with Crippen LogP contribution in [0.1, 0.15) is 30.2 Å². The van der Waals surface area contributed by atoms with Crippen LogP contribution >= 0.6 is 0 Å². The molecule has 0 aliphatic carbocycles. The molecule has 1 aromatic carbocycles. The van der Waals surface area contributed by atoms with Crippen LogP contribution in [0.15, 0.2) is 48.9 Å². The third kappa shape index (κ3) is 3.84. The SMILES string of the molecule is Cn1cncc1C1CC(NC/C=C/c2ccccc2)CCO1. The first-order chi connectivity index (χ1) is 10.8. The molecule has 1 N–H and O–H groups in total. The van der Waals surface area contributed by atoms with Gasteiger partial charge in [0.05, 0.1) is 18.2 Å². The highest BCUT2D eigenvalue weighted by Crippen LogP contribution is 2.27. The van der Waals surface area contributed by atoms with E-state index >= 15 is 0 Å². The minimum absolute atomic E-state index is 0.150. The van der Waals surface area contributed by atoms with Gasteiger partial charge in [-0.15, -0.1) is 0 Å². The third-order valence-corrected chi connectivity index (χ3v) is 4.10. The summed E-state index contributed by atoms with van der Waals surface area (Å²) in [6, 6.07) is 10.9. The van der Waals surface area contributed by atoms with E-state index in [4.69, 9.17) is 4.74 Å². The minimum atomic E-state index is 0.150. The lowest BCUT2D eigenvalue weighted by atomic mass is 10.0. The summed E-state index contributed by atoms with van der Waals surface area (Å²) in [6.45, 7) is 1.69. The first-order valence-corrected chi connectivity index (χ1v) is 7.86. The molecular weight excluding hydrogens is 274 g/mol. The van der Waals surface area contributed by atoms with Crippen molar-refractivity contribution in [2.24, 2.45) is 7.05 Å². The van der Waals surface area contributed by atoms with E-state index in [2.05, 4.69) is 46.7 Å². The average Bonchev–Trinajstić information content (AvgIpc) is 2.99. The van der Waals surface area contributed by atoms with Crippen molar-refractivity contribution in [3.8, 4) is 0 Å². The molecule has 0 saturated carbocycles. The molecule has 1 aliphatic rings. The van der Waals surface area contributed by atoms with E-state index in [1.807, 2.05) is 30.2 Å². The molecule has 22 heavy (non-hydrogen) atoms. The molecule has 0 bridgehead atoms. The van der Waals surface area contributed by atoms with Crippen LogP contribution in [0.2, 0.25) is 0 Å². The van der Waals surface area contributed by atoms with Gasteiger partial charge in [0, 0.05) is 26.2 Å². The maximum Gasteiger partial charge on any atom is 0.100 e. The van der Waals surface area contributed by atoms with Crippen LogP contribution in [0.4, 0.5) is 0 Å². The number of aryl methyl sites for hydroxylation is 1. The van der Waals surface area contributed by atoms with E-state index in [-0.39, 0.29) is 6.10 Å². The van der Waals surface area contributed by atoms with Gasteiger partial charge < -0.3 is 14.6 Å². The zero-order chi connectivity index (χ0) is 15.2. The van der Waals surface area contributed by atoms with Crippen LogP contribution in [0.25, 0.3) is 6.08 Å². The van der Waals surface area contributed by atoms with Gasteiger partial charge in [0.1, 0.15) is 6.10 Å². The maximum absolute atomic E-state index is 5.89. The molecule has 116 valence electrons. The summed E-state index contributed by atoms with van der Waals surface area (Å²) in [4.78, 5) is 4.18. The summed E-state index contributed by atoms with van der Waals surface area (Å²) in [5.74, 6) is 0. The summed E-state index contributed by atoms with van der Waals surface area (Å²) in [5, 5.41) is 3.61. The van der Waals surface area contributed by atoms with Crippen molar-refractivity contribution in [2.75, 3.05) is 13.2 Å². The highest BCUT2D eigenvalue weighted by Gasteiger charge is 2.25. The first-order valence-electron chi connectivity index (χ1n) is 7.86. The number of hydrogen-bond acceptors (Lipinski definition) is 3. The molecule has 2 aromatic rings. The minimum Gasteiger partial charge on any atom is -0.372 e. The quantitative estimate of drug-likeness (QED) is 0.922. The van der Waals surface area contributed by atoms with E-state index in [1.54, 1.807) is 0 Å². The van der Waals surface area contributed by atoms with Crippen LogP contribution in [0.5, 0.6) is 0 Å². The molecule has 1 aromatic heterocycles. The highest BCUT2D eigenvalue weighted by molar-refractivity contribution is 5.48. The number of rotatable bonds is 5. The fourth-order valence-electron chi connectivity index (χ4n) is 2.86. The number of aromatic nitrogens is 2. The van der Waals surface area contributed by atoms with Gasteiger partial charge in [-0.2, -0.15) is 0 Å². The summed E-state index contributed by atoms with van der Waals surface area (Å²) < 4.78 is 7.93. The van der Waals surface area contributed by atoms with E-state index in [9.17, 15) is 0 Å². The molecule has 0 radical (unpaired) electrons. The Morgan fingerprint density at radius 2 is 2.23 bits per heavy atom. The summed E-state index contributed by atoms with van der Waals surface area (Å²) >= 11 is 0. The molecule has 2 heterocycles. The van der Waals surface area contributed by atoms with Crippen molar-refractivity contribution in [3.63, 3.8) is 0 Å². The van der Waals surface area contributed by atoms with Crippen LogP contribution in [-0.2, 0) is 11.8 Å². The molecule has 3 rings (SSSR count). The Morgan fingerprint density at radius 3 is 3.00 bits per heavy atom. The molecule has 1 saturated heterocycles. The fourth-order valence-corrected chi connectivity index (χ4v) is 2.86. The Labute approximate surface area is 131 Å². The lowest BCUT2D eigenvalue weighted by Crippen LogP contribution is -2.36. The second kappa shape index (κ2) is 7.38. The van der Waals surface area contributed by atoms with Crippen molar-refractivity contribution in [1.29, 1.82) is 0 Å². The smallest absolute Gasteiger partial charge is 0.100 e. The number of nitrogens with one attached hydrogen (secondary N) is 1. The van der Waals surface area contributed by atoms with Gasteiger partial charge in [-0.1, -0.05) is 42.5 Å². The van der Waals surface area contributed by atoms with E-state index < -0.39 is 0 Å². The van der Waals surface area contributed by atoms with E-state index in [1.165, 1.54) is 5.56 Å². The van der Waals surface area contributed by atoms with Gasteiger partial charge in [-0.3, -0.25) is 0 Å². The van der Waals surface area contributed by atoms with Gasteiger partial charge in [-0.05, 0) is 18.4 Å². The molecule has 4 heteroatoms. The van der Waals surface area contributed by atoms with Crippen molar-refractivity contribution in [1.82, 2.24) is 14.9 Å². The van der Waals surface area contributed by atoms with Crippen molar-refractivity contribution >= 4 is 6.08 Å². The summed E-state index contributed by atoms with van der Waals surface area (Å²) in [6.07, 6.45) is 10.3. The lowest BCUT2D eigenvalue weighted by Gasteiger charge is -2.30.